The Morgan fingerprint density at radius 1 is 1.12 bits per heavy atom. The molecule has 0 fully saturated rings. The highest BCUT2D eigenvalue weighted by Crippen LogP contribution is 2.29. The fourth-order valence-electron chi connectivity index (χ4n) is 2.24. The van der Waals surface area contributed by atoms with Crippen molar-refractivity contribution >= 4 is 27.3 Å². The highest BCUT2D eigenvalue weighted by Gasteiger charge is 2.21. The largest absolute Gasteiger partial charge is 0.497 e. The lowest BCUT2D eigenvalue weighted by atomic mass is 10.2. The Morgan fingerprint density at radius 2 is 1.77 bits per heavy atom. The van der Waals surface area contributed by atoms with Crippen molar-refractivity contribution in [2.75, 3.05) is 36.6 Å². The summed E-state index contributed by atoms with van der Waals surface area (Å²) in [5.74, 6) is -0.203. The molecular formula is C17H19FN2O5S. The highest BCUT2D eigenvalue weighted by atomic mass is 32.2. The second-order valence-corrected chi connectivity index (χ2v) is 7.27. The summed E-state index contributed by atoms with van der Waals surface area (Å²) in [6.45, 7) is -0.481. The predicted molar refractivity (Wildman–Crippen MR) is 96.8 cm³/mol. The lowest BCUT2D eigenvalue weighted by molar-refractivity contribution is -0.114. The number of carbonyl (C=O) groups is 1. The van der Waals surface area contributed by atoms with Crippen LogP contribution in [0.1, 0.15) is 0 Å². The zero-order chi connectivity index (χ0) is 19.3. The molecule has 0 radical (unpaired) electrons. The Hall–Kier alpha value is -2.81. The van der Waals surface area contributed by atoms with Crippen LogP contribution >= 0.6 is 0 Å². The lowest BCUT2D eigenvalue weighted by Gasteiger charge is -2.22. The Morgan fingerprint density at radius 3 is 2.31 bits per heavy atom. The summed E-state index contributed by atoms with van der Waals surface area (Å²) in [5.41, 5.74) is 0.520. The van der Waals surface area contributed by atoms with Crippen LogP contribution in [-0.2, 0) is 14.8 Å². The lowest BCUT2D eigenvalue weighted by Crippen LogP contribution is -2.37. The number of amides is 1. The van der Waals surface area contributed by atoms with Gasteiger partial charge in [0.1, 0.15) is 23.9 Å². The Bertz CT molecular complexity index is 885. The van der Waals surface area contributed by atoms with E-state index in [0.29, 0.717) is 17.2 Å². The minimum Gasteiger partial charge on any atom is -0.497 e. The van der Waals surface area contributed by atoms with Crippen molar-refractivity contribution < 1.29 is 27.1 Å². The molecule has 0 aliphatic carbocycles. The third kappa shape index (κ3) is 4.85. The van der Waals surface area contributed by atoms with Crippen LogP contribution in [0.15, 0.2) is 42.5 Å². The molecule has 0 aromatic heterocycles. The van der Waals surface area contributed by atoms with E-state index in [2.05, 4.69) is 5.32 Å². The minimum atomic E-state index is -3.75. The molecule has 0 heterocycles. The number of hydrogen-bond acceptors (Lipinski definition) is 5. The van der Waals surface area contributed by atoms with Gasteiger partial charge < -0.3 is 14.8 Å². The standard InChI is InChI=1S/C17H19FN2O5S/c1-24-14-8-9-16(25-2)15(10-14)19-17(21)11-20(26(3,22)23)13-6-4-12(18)5-7-13/h4-10H,11H2,1-3H3,(H,19,21). The molecule has 2 aromatic rings. The fourth-order valence-corrected chi connectivity index (χ4v) is 3.10. The van der Waals surface area contributed by atoms with Gasteiger partial charge in [-0.15, -0.1) is 0 Å². The number of carbonyl (C=O) groups excluding carboxylic acids is 1. The van der Waals surface area contributed by atoms with Crippen molar-refractivity contribution in [2.24, 2.45) is 0 Å². The first-order valence-corrected chi connectivity index (χ1v) is 9.34. The topological polar surface area (TPSA) is 84.9 Å². The monoisotopic (exact) mass is 382 g/mol. The SMILES string of the molecule is COc1ccc(OC)c(NC(=O)CN(c2ccc(F)cc2)S(C)(=O)=O)c1. The molecule has 0 bridgehead atoms. The molecule has 7 nitrogen and oxygen atoms in total. The smallest absolute Gasteiger partial charge is 0.245 e. The summed E-state index contributed by atoms with van der Waals surface area (Å²) < 4.78 is 48.3. The average molecular weight is 382 g/mol. The minimum absolute atomic E-state index is 0.182. The summed E-state index contributed by atoms with van der Waals surface area (Å²) in [5, 5.41) is 2.60. The van der Waals surface area contributed by atoms with Crippen molar-refractivity contribution in [1.29, 1.82) is 0 Å². The van der Waals surface area contributed by atoms with Crippen LogP contribution in [0.3, 0.4) is 0 Å². The zero-order valence-electron chi connectivity index (χ0n) is 14.5. The van der Waals surface area contributed by atoms with Crippen molar-refractivity contribution in [3.8, 4) is 11.5 Å². The number of anilines is 2. The number of nitrogens with zero attached hydrogens (tertiary/aromatic N) is 1. The van der Waals surface area contributed by atoms with E-state index in [1.165, 1.54) is 26.4 Å². The van der Waals surface area contributed by atoms with Crippen molar-refractivity contribution in [3.05, 3.63) is 48.3 Å². The summed E-state index contributed by atoms with van der Waals surface area (Å²) in [4.78, 5) is 12.4. The Balaban J connectivity index is 2.24. The number of methoxy groups -OCH3 is 2. The number of hydrogen-bond donors (Lipinski definition) is 1. The molecule has 2 rings (SSSR count). The van der Waals surface area contributed by atoms with Crippen LogP contribution in [-0.4, -0.2) is 41.3 Å². The number of benzene rings is 2. The molecule has 2 aromatic carbocycles. The number of halogens is 1. The fraction of sp³-hybridized carbons (Fsp3) is 0.235. The van der Waals surface area contributed by atoms with E-state index in [1.807, 2.05) is 0 Å². The van der Waals surface area contributed by atoms with Crippen LogP contribution < -0.4 is 19.1 Å². The quantitative estimate of drug-likeness (QED) is 0.794. The molecule has 0 aliphatic rings. The number of ether oxygens (including phenoxy) is 2. The van der Waals surface area contributed by atoms with Gasteiger partial charge in [0.2, 0.25) is 15.9 Å². The first kappa shape index (κ1) is 19.5. The number of sulfonamides is 1. The van der Waals surface area contributed by atoms with E-state index in [0.717, 1.165) is 22.7 Å². The number of nitrogens with one attached hydrogen (secondary N) is 1. The van der Waals surface area contributed by atoms with Gasteiger partial charge in [-0.3, -0.25) is 9.10 Å². The van der Waals surface area contributed by atoms with Gasteiger partial charge in [0.25, 0.3) is 0 Å². The van der Waals surface area contributed by atoms with E-state index >= 15 is 0 Å². The van der Waals surface area contributed by atoms with Gasteiger partial charge in [-0.1, -0.05) is 0 Å². The molecule has 0 saturated heterocycles. The molecule has 0 unspecified atom stereocenters. The van der Waals surface area contributed by atoms with Gasteiger partial charge in [0.05, 0.1) is 31.9 Å². The molecule has 140 valence electrons. The third-order valence-corrected chi connectivity index (χ3v) is 4.62. The molecule has 0 aliphatic heterocycles. The molecule has 0 spiro atoms. The van der Waals surface area contributed by atoms with Gasteiger partial charge in [0.15, 0.2) is 0 Å². The van der Waals surface area contributed by atoms with E-state index < -0.39 is 28.3 Å². The molecule has 1 N–H and O–H groups in total. The average Bonchev–Trinajstić information content (AvgIpc) is 2.59. The van der Waals surface area contributed by atoms with Gasteiger partial charge in [-0.05, 0) is 36.4 Å². The molecular weight excluding hydrogens is 363 g/mol. The maximum Gasteiger partial charge on any atom is 0.245 e. The maximum atomic E-state index is 13.1. The van der Waals surface area contributed by atoms with E-state index in [9.17, 15) is 17.6 Å². The first-order valence-electron chi connectivity index (χ1n) is 7.49. The summed E-state index contributed by atoms with van der Waals surface area (Å²) >= 11 is 0. The summed E-state index contributed by atoms with van der Waals surface area (Å²) in [6, 6.07) is 9.65. The second kappa shape index (κ2) is 8.05. The summed E-state index contributed by atoms with van der Waals surface area (Å²) in [7, 11) is -0.830. The van der Waals surface area contributed by atoms with Crippen molar-refractivity contribution in [1.82, 2.24) is 0 Å². The normalized spacial score (nSPS) is 10.9. The molecule has 0 saturated carbocycles. The molecule has 9 heteroatoms. The van der Waals surface area contributed by atoms with Crippen molar-refractivity contribution in [3.63, 3.8) is 0 Å². The van der Waals surface area contributed by atoms with E-state index in [4.69, 9.17) is 9.47 Å². The van der Waals surface area contributed by atoms with Gasteiger partial charge in [0, 0.05) is 6.07 Å². The van der Waals surface area contributed by atoms with Crippen LogP contribution in [0, 0.1) is 5.82 Å². The van der Waals surface area contributed by atoms with Crippen LogP contribution in [0.25, 0.3) is 0 Å². The molecule has 26 heavy (non-hydrogen) atoms. The zero-order valence-corrected chi connectivity index (χ0v) is 15.3. The molecule has 1 amide bonds. The maximum absolute atomic E-state index is 13.1. The van der Waals surface area contributed by atoms with Crippen molar-refractivity contribution in [2.45, 2.75) is 0 Å². The molecule has 0 atom stereocenters. The third-order valence-electron chi connectivity index (χ3n) is 3.48. The van der Waals surface area contributed by atoms with Gasteiger partial charge in [-0.25, -0.2) is 12.8 Å². The van der Waals surface area contributed by atoms with Crippen LogP contribution in [0.5, 0.6) is 11.5 Å². The Labute approximate surface area is 151 Å². The Kier molecular flexibility index (Phi) is 6.04. The van der Waals surface area contributed by atoms with Gasteiger partial charge >= 0.3 is 0 Å². The second-order valence-electron chi connectivity index (χ2n) is 5.36. The van der Waals surface area contributed by atoms with Gasteiger partial charge in [-0.2, -0.15) is 0 Å². The predicted octanol–water partition coefficient (Wildman–Crippen LogP) is 2.25. The number of rotatable bonds is 7. The van der Waals surface area contributed by atoms with Crippen LogP contribution in [0.4, 0.5) is 15.8 Å². The highest BCUT2D eigenvalue weighted by molar-refractivity contribution is 7.92. The van der Waals surface area contributed by atoms with Crippen LogP contribution in [0.2, 0.25) is 0 Å². The van der Waals surface area contributed by atoms with E-state index in [1.54, 1.807) is 18.2 Å². The summed E-state index contributed by atoms with van der Waals surface area (Å²) in [6.07, 6.45) is 0.968. The first-order chi connectivity index (χ1) is 12.2. The van der Waals surface area contributed by atoms with E-state index in [-0.39, 0.29) is 5.69 Å².